The summed E-state index contributed by atoms with van der Waals surface area (Å²) >= 11 is 0. The molecule has 0 radical (unpaired) electrons. The zero-order valence-corrected chi connectivity index (χ0v) is 12.1. The van der Waals surface area contributed by atoms with Crippen molar-refractivity contribution in [1.82, 2.24) is 10.2 Å². The lowest BCUT2D eigenvalue weighted by molar-refractivity contribution is -0.131. The van der Waals surface area contributed by atoms with Crippen LogP contribution >= 0.6 is 0 Å². The first-order valence-electron chi connectivity index (χ1n) is 6.51. The SMILES string of the molecule is CNC(=O)CCN(C)Cc1ccc(F)c(/C=C/C(=O)O)c1. The predicted molar refractivity (Wildman–Crippen MR) is 78.1 cm³/mol. The van der Waals surface area contributed by atoms with E-state index in [1.165, 1.54) is 12.1 Å². The van der Waals surface area contributed by atoms with Gasteiger partial charge < -0.3 is 15.3 Å². The van der Waals surface area contributed by atoms with E-state index in [9.17, 15) is 14.0 Å². The summed E-state index contributed by atoms with van der Waals surface area (Å²) in [6, 6.07) is 4.55. The van der Waals surface area contributed by atoms with Gasteiger partial charge in [-0.3, -0.25) is 4.79 Å². The quantitative estimate of drug-likeness (QED) is 0.748. The van der Waals surface area contributed by atoms with E-state index in [2.05, 4.69) is 5.32 Å². The number of nitrogens with one attached hydrogen (secondary N) is 1. The van der Waals surface area contributed by atoms with Crippen LogP contribution in [0.3, 0.4) is 0 Å². The van der Waals surface area contributed by atoms with Gasteiger partial charge in [0.15, 0.2) is 0 Å². The maximum absolute atomic E-state index is 13.5. The lowest BCUT2D eigenvalue weighted by Crippen LogP contribution is -2.26. The number of nitrogens with zero attached hydrogens (tertiary/aromatic N) is 1. The van der Waals surface area contributed by atoms with Crippen molar-refractivity contribution in [1.29, 1.82) is 0 Å². The number of aliphatic carboxylic acids is 1. The molecule has 0 atom stereocenters. The van der Waals surface area contributed by atoms with Gasteiger partial charge in [0.25, 0.3) is 0 Å². The summed E-state index contributed by atoms with van der Waals surface area (Å²) < 4.78 is 13.5. The smallest absolute Gasteiger partial charge is 0.328 e. The fourth-order valence-electron chi connectivity index (χ4n) is 1.79. The summed E-state index contributed by atoms with van der Waals surface area (Å²) in [5.74, 6) is -1.63. The van der Waals surface area contributed by atoms with Crippen LogP contribution in [0.2, 0.25) is 0 Å². The highest BCUT2D eigenvalue weighted by Crippen LogP contribution is 2.14. The second-order valence-electron chi connectivity index (χ2n) is 4.69. The lowest BCUT2D eigenvalue weighted by atomic mass is 10.1. The van der Waals surface area contributed by atoms with E-state index in [0.717, 1.165) is 11.6 Å². The Balaban J connectivity index is 2.69. The maximum Gasteiger partial charge on any atom is 0.328 e. The topological polar surface area (TPSA) is 69.6 Å². The van der Waals surface area contributed by atoms with Gasteiger partial charge in [-0.25, -0.2) is 9.18 Å². The number of benzene rings is 1. The van der Waals surface area contributed by atoms with Crippen LogP contribution in [-0.2, 0) is 16.1 Å². The number of carboxylic acid groups (broad SMARTS) is 1. The van der Waals surface area contributed by atoms with Gasteiger partial charge in [-0.2, -0.15) is 0 Å². The van der Waals surface area contributed by atoms with Crippen molar-refractivity contribution in [2.45, 2.75) is 13.0 Å². The summed E-state index contributed by atoms with van der Waals surface area (Å²) in [6.07, 6.45) is 2.52. The third-order valence-electron chi connectivity index (χ3n) is 2.92. The number of amides is 1. The van der Waals surface area contributed by atoms with Gasteiger partial charge in [-0.1, -0.05) is 6.07 Å². The number of carbonyl (C=O) groups excluding carboxylic acids is 1. The first-order chi connectivity index (χ1) is 9.92. The summed E-state index contributed by atoms with van der Waals surface area (Å²) in [4.78, 5) is 23.6. The molecule has 2 N–H and O–H groups in total. The van der Waals surface area contributed by atoms with Gasteiger partial charge in [0.05, 0.1) is 0 Å². The molecule has 0 spiro atoms. The van der Waals surface area contributed by atoms with Crippen LogP contribution in [0.1, 0.15) is 17.5 Å². The zero-order chi connectivity index (χ0) is 15.8. The van der Waals surface area contributed by atoms with Crippen molar-refractivity contribution >= 4 is 18.0 Å². The van der Waals surface area contributed by atoms with Crippen LogP contribution in [-0.4, -0.2) is 42.5 Å². The van der Waals surface area contributed by atoms with E-state index < -0.39 is 11.8 Å². The van der Waals surface area contributed by atoms with Crippen LogP contribution in [0.4, 0.5) is 4.39 Å². The number of hydrogen-bond acceptors (Lipinski definition) is 3. The van der Waals surface area contributed by atoms with Crippen LogP contribution < -0.4 is 5.32 Å². The molecule has 1 rings (SSSR count). The second kappa shape index (κ2) is 8.16. The van der Waals surface area contributed by atoms with Gasteiger partial charge in [0, 0.05) is 38.2 Å². The van der Waals surface area contributed by atoms with Gasteiger partial charge >= 0.3 is 5.97 Å². The molecule has 1 aromatic carbocycles. The van der Waals surface area contributed by atoms with Crippen molar-refractivity contribution in [3.63, 3.8) is 0 Å². The molecule has 0 aromatic heterocycles. The van der Waals surface area contributed by atoms with Gasteiger partial charge in [-0.05, 0) is 30.8 Å². The molecule has 1 aromatic rings. The summed E-state index contributed by atoms with van der Waals surface area (Å²) in [5, 5.41) is 11.1. The molecule has 0 saturated carbocycles. The zero-order valence-electron chi connectivity index (χ0n) is 12.1. The monoisotopic (exact) mass is 294 g/mol. The largest absolute Gasteiger partial charge is 0.478 e. The molecular weight excluding hydrogens is 275 g/mol. The van der Waals surface area contributed by atoms with E-state index >= 15 is 0 Å². The molecule has 0 aliphatic heterocycles. The molecule has 6 heteroatoms. The minimum absolute atomic E-state index is 0.0361. The van der Waals surface area contributed by atoms with Crippen LogP contribution in [0.5, 0.6) is 0 Å². The number of hydrogen-bond donors (Lipinski definition) is 2. The molecule has 0 fully saturated rings. The molecule has 0 heterocycles. The first-order valence-corrected chi connectivity index (χ1v) is 6.51. The number of carbonyl (C=O) groups is 2. The van der Waals surface area contributed by atoms with Gasteiger partial charge in [0.2, 0.25) is 5.91 Å². The molecule has 0 bridgehead atoms. The maximum atomic E-state index is 13.5. The Kier molecular flexibility index (Phi) is 6.55. The molecule has 0 saturated heterocycles. The Morgan fingerprint density at radius 1 is 1.43 bits per heavy atom. The second-order valence-corrected chi connectivity index (χ2v) is 4.69. The van der Waals surface area contributed by atoms with Gasteiger partial charge in [0.1, 0.15) is 5.82 Å². The highest BCUT2D eigenvalue weighted by atomic mass is 19.1. The van der Waals surface area contributed by atoms with E-state index in [-0.39, 0.29) is 11.5 Å². The number of halogens is 1. The third-order valence-corrected chi connectivity index (χ3v) is 2.92. The molecule has 0 aliphatic rings. The molecule has 1 amide bonds. The third kappa shape index (κ3) is 6.18. The summed E-state index contributed by atoms with van der Waals surface area (Å²) in [7, 11) is 3.45. The van der Waals surface area contributed by atoms with E-state index in [0.29, 0.717) is 19.5 Å². The van der Waals surface area contributed by atoms with Crippen molar-refractivity contribution in [3.05, 3.63) is 41.2 Å². The summed E-state index contributed by atoms with van der Waals surface area (Å²) in [6.45, 7) is 1.13. The van der Waals surface area contributed by atoms with Crippen LogP contribution in [0.15, 0.2) is 24.3 Å². The average molecular weight is 294 g/mol. The average Bonchev–Trinajstić information content (AvgIpc) is 2.45. The van der Waals surface area contributed by atoms with Crippen molar-refractivity contribution in [3.8, 4) is 0 Å². The molecule has 0 aliphatic carbocycles. The summed E-state index contributed by atoms with van der Waals surface area (Å²) in [5.41, 5.74) is 1.08. The lowest BCUT2D eigenvalue weighted by Gasteiger charge is -2.16. The fourth-order valence-corrected chi connectivity index (χ4v) is 1.79. The Morgan fingerprint density at radius 2 is 2.14 bits per heavy atom. The normalized spacial score (nSPS) is 11.0. The van der Waals surface area contributed by atoms with E-state index in [1.807, 2.05) is 11.9 Å². The Bertz CT molecular complexity index is 544. The fraction of sp³-hybridized carbons (Fsp3) is 0.333. The van der Waals surface area contributed by atoms with Gasteiger partial charge in [-0.15, -0.1) is 0 Å². The van der Waals surface area contributed by atoms with Crippen molar-refractivity contribution < 1.29 is 19.1 Å². The highest BCUT2D eigenvalue weighted by Gasteiger charge is 2.06. The minimum Gasteiger partial charge on any atom is -0.478 e. The number of rotatable bonds is 7. The van der Waals surface area contributed by atoms with Crippen molar-refractivity contribution in [2.75, 3.05) is 20.6 Å². The van der Waals surface area contributed by atoms with Crippen molar-refractivity contribution in [2.24, 2.45) is 0 Å². The van der Waals surface area contributed by atoms with Crippen LogP contribution in [0.25, 0.3) is 6.08 Å². The Hall–Kier alpha value is -2.21. The minimum atomic E-state index is -1.12. The molecular formula is C15H19FN2O3. The Morgan fingerprint density at radius 3 is 2.76 bits per heavy atom. The van der Waals surface area contributed by atoms with E-state index in [1.54, 1.807) is 19.2 Å². The molecule has 21 heavy (non-hydrogen) atoms. The first kappa shape index (κ1) is 16.8. The molecule has 114 valence electrons. The van der Waals surface area contributed by atoms with Crippen LogP contribution in [0, 0.1) is 5.82 Å². The highest BCUT2D eigenvalue weighted by molar-refractivity contribution is 5.85. The standard InChI is InChI=1S/C15H19FN2O3/c1-17-14(19)7-8-18(2)10-11-3-5-13(16)12(9-11)4-6-15(20)21/h3-6,9H,7-8,10H2,1-2H3,(H,17,19)(H,20,21)/b6-4+. The predicted octanol–water partition coefficient (Wildman–Crippen LogP) is 1.49. The molecule has 0 unspecified atom stereocenters. The molecule has 5 nitrogen and oxygen atoms in total. The Labute approximate surface area is 123 Å². The number of carboxylic acids is 1. The van der Waals surface area contributed by atoms with E-state index in [4.69, 9.17) is 5.11 Å².